The molecule has 3 N–H and O–H groups in total. The summed E-state index contributed by atoms with van der Waals surface area (Å²) >= 11 is 0. The van der Waals surface area contributed by atoms with Gasteiger partial charge in [0, 0.05) is 13.5 Å². The molecular formula is C8H20O4. The van der Waals surface area contributed by atoms with E-state index < -0.39 is 12.2 Å². The minimum absolute atomic E-state index is 0.372. The molecule has 4 heteroatoms. The van der Waals surface area contributed by atoms with Crippen LogP contribution in [0.3, 0.4) is 0 Å². The SMILES string of the molecule is CC.CO.O[C@@H]1COC[C@H](O)C1. The summed E-state index contributed by atoms with van der Waals surface area (Å²) in [5.74, 6) is 0. The Bertz CT molecular complexity index is 69.5. The molecule has 1 aliphatic heterocycles. The van der Waals surface area contributed by atoms with Crippen LogP contribution in [-0.2, 0) is 4.74 Å². The van der Waals surface area contributed by atoms with Crippen molar-refractivity contribution < 1.29 is 20.1 Å². The van der Waals surface area contributed by atoms with E-state index >= 15 is 0 Å². The lowest BCUT2D eigenvalue weighted by Crippen LogP contribution is -2.32. The third-order valence-electron chi connectivity index (χ3n) is 1.16. The minimum Gasteiger partial charge on any atom is -0.400 e. The average molecular weight is 180 g/mol. The first kappa shape index (κ1) is 14.4. The molecule has 0 aromatic heterocycles. The summed E-state index contributed by atoms with van der Waals surface area (Å²) in [6, 6.07) is 0. The summed E-state index contributed by atoms with van der Waals surface area (Å²) in [5.41, 5.74) is 0. The van der Waals surface area contributed by atoms with Crippen molar-refractivity contribution in [1.82, 2.24) is 0 Å². The Morgan fingerprint density at radius 3 is 1.50 bits per heavy atom. The van der Waals surface area contributed by atoms with Gasteiger partial charge in [0.05, 0.1) is 25.4 Å². The van der Waals surface area contributed by atoms with Crippen LogP contribution in [0.5, 0.6) is 0 Å². The zero-order chi connectivity index (χ0) is 9.98. The number of aliphatic hydroxyl groups excluding tert-OH is 3. The molecule has 0 bridgehead atoms. The third-order valence-corrected chi connectivity index (χ3v) is 1.16. The van der Waals surface area contributed by atoms with Crippen LogP contribution >= 0.6 is 0 Å². The highest BCUT2D eigenvalue weighted by Gasteiger charge is 2.17. The zero-order valence-electron chi connectivity index (χ0n) is 8.03. The number of aliphatic hydroxyl groups is 3. The predicted molar refractivity (Wildman–Crippen MR) is 46.9 cm³/mol. The Morgan fingerprint density at radius 1 is 1.00 bits per heavy atom. The fraction of sp³-hybridized carbons (Fsp3) is 1.00. The Hall–Kier alpha value is -0.160. The normalized spacial score (nSPS) is 27.5. The molecule has 0 unspecified atom stereocenters. The van der Waals surface area contributed by atoms with Crippen molar-refractivity contribution in [2.24, 2.45) is 0 Å². The topological polar surface area (TPSA) is 69.9 Å². The molecule has 1 aliphatic rings. The second-order valence-corrected chi connectivity index (χ2v) is 2.08. The van der Waals surface area contributed by atoms with Gasteiger partial charge in [-0.05, 0) is 0 Å². The van der Waals surface area contributed by atoms with Gasteiger partial charge >= 0.3 is 0 Å². The van der Waals surface area contributed by atoms with Gasteiger partial charge in [0.25, 0.3) is 0 Å². The summed E-state index contributed by atoms with van der Waals surface area (Å²) < 4.78 is 4.79. The summed E-state index contributed by atoms with van der Waals surface area (Å²) in [6.07, 6.45) is -0.461. The number of ether oxygens (including phenoxy) is 1. The molecule has 1 fully saturated rings. The number of rotatable bonds is 0. The fourth-order valence-corrected chi connectivity index (χ4v) is 0.790. The summed E-state index contributed by atoms with van der Waals surface area (Å²) in [5, 5.41) is 24.6. The van der Waals surface area contributed by atoms with Gasteiger partial charge in [-0.2, -0.15) is 0 Å². The van der Waals surface area contributed by atoms with Gasteiger partial charge in [0.1, 0.15) is 0 Å². The Balaban J connectivity index is 0. The van der Waals surface area contributed by atoms with Crippen molar-refractivity contribution in [1.29, 1.82) is 0 Å². The van der Waals surface area contributed by atoms with Crippen molar-refractivity contribution in [2.75, 3.05) is 20.3 Å². The van der Waals surface area contributed by atoms with E-state index in [9.17, 15) is 0 Å². The predicted octanol–water partition coefficient (Wildman–Crippen LogP) is -0.237. The molecule has 0 amide bonds. The second-order valence-electron chi connectivity index (χ2n) is 2.08. The first-order valence-corrected chi connectivity index (χ1v) is 4.17. The van der Waals surface area contributed by atoms with E-state index in [1.54, 1.807) is 0 Å². The summed E-state index contributed by atoms with van der Waals surface area (Å²) in [7, 11) is 1.00. The quantitative estimate of drug-likeness (QED) is 0.481. The van der Waals surface area contributed by atoms with Crippen molar-refractivity contribution in [2.45, 2.75) is 32.5 Å². The molecule has 0 aromatic rings. The van der Waals surface area contributed by atoms with Gasteiger partial charge in [0.15, 0.2) is 0 Å². The van der Waals surface area contributed by atoms with Gasteiger partial charge in [-0.3, -0.25) is 0 Å². The largest absolute Gasteiger partial charge is 0.400 e. The van der Waals surface area contributed by atoms with Crippen molar-refractivity contribution in [3.63, 3.8) is 0 Å². The smallest absolute Gasteiger partial charge is 0.0799 e. The first-order valence-electron chi connectivity index (χ1n) is 4.17. The lowest BCUT2D eigenvalue weighted by atomic mass is 10.1. The van der Waals surface area contributed by atoms with E-state index in [1.807, 2.05) is 13.8 Å². The van der Waals surface area contributed by atoms with Gasteiger partial charge in [-0.15, -0.1) is 0 Å². The van der Waals surface area contributed by atoms with Gasteiger partial charge < -0.3 is 20.1 Å². The summed E-state index contributed by atoms with van der Waals surface area (Å²) in [4.78, 5) is 0. The van der Waals surface area contributed by atoms with Crippen molar-refractivity contribution in [3.05, 3.63) is 0 Å². The average Bonchev–Trinajstić information content (AvgIpc) is 2.11. The molecule has 0 aromatic carbocycles. The molecule has 1 heterocycles. The van der Waals surface area contributed by atoms with Gasteiger partial charge in [-0.1, -0.05) is 13.8 Å². The molecule has 1 rings (SSSR count). The zero-order valence-corrected chi connectivity index (χ0v) is 8.03. The highest BCUT2D eigenvalue weighted by atomic mass is 16.5. The Morgan fingerprint density at radius 2 is 1.33 bits per heavy atom. The maximum atomic E-state index is 8.79. The molecule has 0 spiro atoms. The van der Waals surface area contributed by atoms with Crippen molar-refractivity contribution in [3.8, 4) is 0 Å². The highest BCUT2D eigenvalue weighted by molar-refractivity contribution is 4.66. The van der Waals surface area contributed by atoms with Gasteiger partial charge in [-0.25, -0.2) is 0 Å². The van der Waals surface area contributed by atoms with E-state index in [0.717, 1.165) is 7.11 Å². The molecule has 0 saturated carbocycles. The maximum Gasteiger partial charge on any atom is 0.0799 e. The van der Waals surface area contributed by atoms with Crippen molar-refractivity contribution >= 4 is 0 Å². The van der Waals surface area contributed by atoms with Crippen LogP contribution in [0.15, 0.2) is 0 Å². The van der Waals surface area contributed by atoms with Crippen LogP contribution in [0.4, 0.5) is 0 Å². The Labute approximate surface area is 73.8 Å². The van der Waals surface area contributed by atoms with E-state index in [-0.39, 0.29) is 0 Å². The molecule has 12 heavy (non-hydrogen) atoms. The number of hydrogen-bond acceptors (Lipinski definition) is 4. The lowest BCUT2D eigenvalue weighted by Gasteiger charge is -2.21. The Kier molecular flexibility index (Phi) is 13.0. The monoisotopic (exact) mass is 180 g/mol. The minimum atomic E-state index is -0.459. The van der Waals surface area contributed by atoms with Crippen LogP contribution in [0.25, 0.3) is 0 Å². The van der Waals surface area contributed by atoms with Gasteiger partial charge in [0.2, 0.25) is 0 Å². The first-order chi connectivity index (χ1) is 5.79. The standard InChI is InChI=1S/C5H10O3.C2H6.CH4O/c6-4-1-5(7)3-8-2-4;2*1-2/h4-7H,1-3H2;1-2H3;2H,1H3/t4-,5+;;. The van der Waals surface area contributed by atoms with Crippen LogP contribution in [-0.4, -0.2) is 47.9 Å². The molecule has 4 nitrogen and oxygen atoms in total. The molecule has 0 aliphatic carbocycles. The second kappa shape index (κ2) is 10.8. The van der Waals surface area contributed by atoms with Crippen LogP contribution in [0.1, 0.15) is 20.3 Å². The van der Waals surface area contributed by atoms with Crippen LogP contribution in [0, 0.1) is 0 Å². The molecule has 0 radical (unpaired) electrons. The molecule has 76 valence electrons. The summed E-state index contributed by atoms with van der Waals surface area (Å²) in [6.45, 7) is 4.74. The van der Waals surface area contributed by atoms with E-state index in [1.165, 1.54) is 0 Å². The fourth-order valence-electron chi connectivity index (χ4n) is 0.790. The van der Waals surface area contributed by atoms with Crippen LogP contribution < -0.4 is 0 Å². The molecule has 1 saturated heterocycles. The molecule has 2 atom stereocenters. The van der Waals surface area contributed by atoms with E-state index in [2.05, 4.69) is 0 Å². The number of hydrogen-bond donors (Lipinski definition) is 3. The van der Waals surface area contributed by atoms with E-state index in [4.69, 9.17) is 20.1 Å². The third kappa shape index (κ3) is 7.94. The lowest BCUT2D eigenvalue weighted by molar-refractivity contribution is -0.0714. The highest BCUT2D eigenvalue weighted by Crippen LogP contribution is 2.05. The maximum absolute atomic E-state index is 8.79. The van der Waals surface area contributed by atoms with Crippen LogP contribution in [0.2, 0.25) is 0 Å². The van der Waals surface area contributed by atoms with E-state index in [0.29, 0.717) is 19.6 Å². The molecular weight excluding hydrogens is 160 g/mol.